The standard InChI is InChI=1S/C21H28N4O5S/c1-15-16-10-11-20(26)25(12-7-13-29-3)21(16)23-19(22-15)14-24(2)31(27,28)18-9-6-5-8-17(18)30-4/h5-6,8-9H,7,10-14H2,1-4H3. The number of aromatic nitrogens is 2. The SMILES string of the molecule is COCCCN1C(=O)CCc2c(C)nc(CN(C)S(=O)(=O)c3ccccc3OC)nc21. The van der Waals surface area contributed by atoms with E-state index < -0.39 is 10.0 Å². The number of fused-ring (bicyclic) bond motifs is 1. The zero-order valence-corrected chi connectivity index (χ0v) is 19.1. The predicted octanol–water partition coefficient (Wildman–Crippen LogP) is 1.93. The van der Waals surface area contributed by atoms with Crippen LogP contribution in [0.4, 0.5) is 5.82 Å². The van der Waals surface area contributed by atoms with E-state index in [1.165, 1.54) is 24.5 Å². The molecule has 0 aliphatic carbocycles. The van der Waals surface area contributed by atoms with Crippen molar-refractivity contribution in [3.05, 3.63) is 41.3 Å². The number of hydrogen-bond acceptors (Lipinski definition) is 7. The number of hydrogen-bond donors (Lipinski definition) is 0. The monoisotopic (exact) mass is 448 g/mol. The van der Waals surface area contributed by atoms with Gasteiger partial charge in [0.25, 0.3) is 0 Å². The fraction of sp³-hybridized carbons (Fsp3) is 0.476. The first-order valence-corrected chi connectivity index (χ1v) is 11.5. The molecule has 1 aliphatic rings. The molecule has 0 unspecified atom stereocenters. The van der Waals surface area contributed by atoms with Gasteiger partial charge in [0.05, 0.1) is 13.7 Å². The van der Waals surface area contributed by atoms with Crippen LogP contribution in [0.15, 0.2) is 29.2 Å². The minimum Gasteiger partial charge on any atom is -0.495 e. The van der Waals surface area contributed by atoms with Crippen LogP contribution in [-0.2, 0) is 32.5 Å². The van der Waals surface area contributed by atoms with E-state index >= 15 is 0 Å². The number of ether oxygens (including phenoxy) is 2. The van der Waals surface area contributed by atoms with Gasteiger partial charge < -0.3 is 9.47 Å². The Morgan fingerprint density at radius 1 is 1.16 bits per heavy atom. The number of carbonyl (C=O) groups is 1. The third-order valence-corrected chi connectivity index (χ3v) is 7.08. The van der Waals surface area contributed by atoms with E-state index in [1.54, 1.807) is 30.2 Å². The summed E-state index contributed by atoms with van der Waals surface area (Å²) in [4.78, 5) is 23.4. The maximum absolute atomic E-state index is 13.1. The second-order valence-electron chi connectivity index (χ2n) is 7.33. The first-order valence-electron chi connectivity index (χ1n) is 10.0. The molecule has 1 aromatic heterocycles. The first-order chi connectivity index (χ1) is 14.8. The molecule has 0 bridgehead atoms. The lowest BCUT2D eigenvalue weighted by molar-refractivity contribution is -0.119. The highest BCUT2D eigenvalue weighted by Crippen LogP contribution is 2.30. The fourth-order valence-corrected chi connectivity index (χ4v) is 4.87. The smallest absolute Gasteiger partial charge is 0.246 e. The number of aryl methyl sites for hydroxylation is 1. The summed E-state index contributed by atoms with van der Waals surface area (Å²) in [6.45, 7) is 2.86. The summed E-state index contributed by atoms with van der Waals surface area (Å²) in [5, 5.41) is 0. The number of carbonyl (C=O) groups excluding carboxylic acids is 1. The number of nitrogens with zero attached hydrogens (tertiary/aromatic N) is 4. The van der Waals surface area contributed by atoms with Gasteiger partial charge in [0.15, 0.2) is 0 Å². The van der Waals surface area contributed by atoms with Crippen molar-refractivity contribution in [1.82, 2.24) is 14.3 Å². The van der Waals surface area contributed by atoms with E-state index in [4.69, 9.17) is 9.47 Å². The molecule has 0 N–H and O–H groups in total. The van der Waals surface area contributed by atoms with Crippen molar-refractivity contribution in [3.63, 3.8) is 0 Å². The molecule has 2 aromatic rings. The Morgan fingerprint density at radius 3 is 2.61 bits per heavy atom. The van der Waals surface area contributed by atoms with Gasteiger partial charge in [0.1, 0.15) is 22.3 Å². The molecular weight excluding hydrogens is 420 g/mol. The zero-order chi connectivity index (χ0) is 22.6. The molecule has 1 amide bonds. The van der Waals surface area contributed by atoms with Gasteiger partial charge >= 0.3 is 0 Å². The number of para-hydroxylation sites is 1. The van der Waals surface area contributed by atoms with E-state index in [1.807, 2.05) is 6.92 Å². The molecule has 0 spiro atoms. The molecule has 0 atom stereocenters. The van der Waals surface area contributed by atoms with Gasteiger partial charge in [-0.15, -0.1) is 0 Å². The molecule has 31 heavy (non-hydrogen) atoms. The summed E-state index contributed by atoms with van der Waals surface area (Å²) in [6, 6.07) is 6.46. The van der Waals surface area contributed by atoms with E-state index in [2.05, 4.69) is 9.97 Å². The number of amides is 1. The number of rotatable bonds is 9. The van der Waals surface area contributed by atoms with E-state index in [-0.39, 0.29) is 23.1 Å². The molecule has 1 aromatic carbocycles. The van der Waals surface area contributed by atoms with Gasteiger partial charge in [-0.3, -0.25) is 9.69 Å². The van der Waals surface area contributed by atoms with Crippen LogP contribution in [0.5, 0.6) is 5.75 Å². The Hall–Kier alpha value is -2.56. The summed E-state index contributed by atoms with van der Waals surface area (Å²) in [5.41, 5.74) is 1.68. The highest BCUT2D eigenvalue weighted by molar-refractivity contribution is 7.89. The van der Waals surface area contributed by atoms with E-state index in [0.29, 0.717) is 44.1 Å². The summed E-state index contributed by atoms with van der Waals surface area (Å²) >= 11 is 0. The molecule has 0 radical (unpaired) electrons. The number of anilines is 1. The van der Waals surface area contributed by atoms with Crippen molar-refractivity contribution in [2.24, 2.45) is 0 Å². The van der Waals surface area contributed by atoms with Crippen molar-refractivity contribution >= 4 is 21.7 Å². The third-order valence-electron chi connectivity index (χ3n) is 5.24. The lowest BCUT2D eigenvalue weighted by Gasteiger charge is -2.29. The lowest BCUT2D eigenvalue weighted by atomic mass is 10.0. The number of methoxy groups -OCH3 is 2. The van der Waals surface area contributed by atoms with Crippen molar-refractivity contribution in [1.29, 1.82) is 0 Å². The molecule has 1 aliphatic heterocycles. The van der Waals surface area contributed by atoms with Crippen LogP contribution in [0.2, 0.25) is 0 Å². The Morgan fingerprint density at radius 2 is 1.90 bits per heavy atom. The Labute approximate surface area is 183 Å². The first kappa shape index (κ1) is 23.1. The van der Waals surface area contributed by atoms with Crippen LogP contribution in [0.1, 0.15) is 29.9 Å². The van der Waals surface area contributed by atoms with E-state index in [9.17, 15) is 13.2 Å². The molecule has 0 fully saturated rings. The van der Waals surface area contributed by atoms with Gasteiger partial charge in [-0.25, -0.2) is 18.4 Å². The maximum atomic E-state index is 13.1. The summed E-state index contributed by atoms with van der Waals surface area (Å²) in [7, 11) is 0.698. The molecule has 0 saturated heterocycles. The number of sulfonamides is 1. The quantitative estimate of drug-likeness (QED) is 0.540. The second-order valence-corrected chi connectivity index (χ2v) is 9.34. The topological polar surface area (TPSA) is 102 Å². The zero-order valence-electron chi connectivity index (χ0n) is 18.3. The summed E-state index contributed by atoms with van der Waals surface area (Å²) in [5.74, 6) is 1.18. The predicted molar refractivity (Wildman–Crippen MR) is 116 cm³/mol. The van der Waals surface area contributed by atoms with Crippen LogP contribution in [0, 0.1) is 6.92 Å². The lowest BCUT2D eigenvalue weighted by Crippen LogP contribution is -2.38. The van der Waals surface area contributed by atoms with Crippen LogP contribution in [-0.4, -0.2) is 63.0 Å². The number of benzene rings is 1. The van der Waals surface area contributed by atoms with Crippen LogP contribution >= 0.6 is 0 Å². The Bertz CT molecular complexity index is 1060. The van der Waals surface area contributed by atoms with Gasteiger partial charge in [-0.1, -0.05) is 12.1 Å². The molecule has 3 rings (SSSR count). The van der Waals surface area contributed by atoms with Crippen LogP contribution in [0.3, 0.4) is 0 Å². The molecule has 9 nitrogen and oxygen atoms in total. The summed E-state index contributed by atoms with van der Waals surface area (Å²) in [6.07, 6.45) is 1.67. The van der Waals surface area contributed by atoms with Gasteiger partial charge in [-0.05, 0) is 31.9 Å². The normalized spacial score (nSPS) is 14.1. The average molecular weight is 449 g/mol. The molecule has 0 saturated carbocycles. The van der Waals surface area contributed by atoms with Gasteiger partial charge in [0, 0.05) is 45.0 Å². The molecule has 2 heterocycles. The average Bonchev–Trinajstić information content (AvgIpc) is 2.75. The largest absolute Gasteiger partial charge is 0.495 e. The second kappa shape index (κ2) is 9.71. The van der Waals surface area contributed by atoms with Crippen LogP contribution < -0.4 is 9.64 Å². The fourth-order valence-electron chi connectivity index (χ4n) is 3.59. The Kier molecular flexibility index (Phi) is 7.24. The van der Waals surface area contributed by atoms with Crippen LogP contribution in [0.25, 0.3) is 0 Å². The minimum atomic E-state index is -3.82. The Balaban J connectivity index is 1.90. The van der Waals surface area contributed by atoms with Crippen molar-refractivity contribution in [2.45, 2.75) is 37.6 Å². The molecular formula is C21H28N4O5S. The van der Waals surface area contributed by atoms with Crippen molar-refractivity contribution < 1.29 is 22.7 Å². The van der Waals surface area contributed by atoms with Gasteiger partial charge in [-0.2, -0.15) is 4.31 Å². The highest BCUT2D eigenvalue weighted by Gasteiger charge is 2.29. The van der Waals surface area contributed by atoms with Gasteiger partial charge in [0.2, 0.25) is 15.9 Å². The summed E-state index contributed by atoms with van der Waals surface area (Å²) < 4.78 is 37.7. The van der Waals surface area contributed by atoms with Crippen molar-refractivity contribution in [3.8, 4) is 5.75 Å². The third kappa shape index (κ3) is 4.86. The maximum Gasteiger partial charge on any atom is 0.246 e. The molecule has 168 valence electrons. The van der Waals surface area contributed by atoms with E-state index in [0.717, 1.165) is 11.3 Å². The minimum absolute atomic E-state index is 0.00245. The highest BCUT2D eigenvalue weighted by atomic mass is 32.2. The van der Waals surface area contributed by atoms with Crippen molar-refractivity contribution in [2.75, 3.05) is 39.3 Å². The molecule has 10 heteroatoms.